The van der Waals surface area contributed by atoms with Crippen LogP contribution in [0.2, 0.25) is 0 Å². The molecule has 0 aliphatic rings. The number of carbonyl (C=O) groups excluding carboxylic acids is 1. The van der Waals surface area contributed by atoms with Gasteiger partial charge in [0, 0.05) is 13.2 Å². The van der Waals surface area contributed by atoms with Crippen molar-refractivity contribution in [2.75, 3.05) is 0 Å². The third-order valence-electron chi connectivity index (χ3n) is 3.01. The smallest absolute Gasteiger partial charge is 0.204 e. The first kappa shape index (κ1) is 13.7. The van der Waals surface area contributed by atoms with Crippen LogP contribution in [0, 0.1) is 6.92 Å². The monoisotopic (exact) mass is 268 g/mol. The quantitative estimate of drug-likeness (QED) is 0.686. The standard InChI is InChI=1S/C14H13N3.CH3NO/c1-10-6-5-8-12-13(10)16-14(17(12)2)11-7-3-4-9-15-11;2-1-3/h3-9H,1-2H3;1H,(H2,2,3). The van der Waals surface area contributed by atoms with E-state index in [1.54, 1.807) is 6.20 Å². The van der Waals surface area contributed by atoms with E-state index >= 15 is 0 Å². The Bertz CT molecular complexity index is 719. The van der Waals surface area contributed by atoms with Gasteiger partial charge in [-0.3, -0.25) is 9.78 Å². The molecule has 0 fully saturated rings. The molecule has 1 amide bonds. The van der Waals surface area contributed by atoms with Gasteiger partial charge < -0.3 is 10.3 Å². The number of para-hydroxylation sites is 1. The van der Waals surface area contributed by atoms with Crippen molar-refractivity contribution in [2.24, 2.45) is 12.8 Å². The van der Waals surface area contributed by atoms with Crippen molar-refractivity contribution >= 4 is 17.4 Å². The summed E-state index contributed by atoms with van der Waals surface area (Å²) < 4.78 is 2.09. The van der Waals surface area contributed by atoms with Crippen molar-refractivity contribution < 1.29 is 4.79 Å². The predicted molar refractivity (Wildman–Crippen MR) is 78.9 cm³/mol. The van der Waals surface area contributed by atoms with E-state index in [1.807, 2.05) is 25.2 Å². The van der Waals surface area contributed by atoms with E-state index in [2.05, 4.69) is 45.4 Å². The highest BCUT2D eigenvalue weighted by Crippen LogP contribution is 2.23. The van der Waals surface area contributed by atoms with Crippen molar-refractivity contribution in [2.45, 2.75) is 6.92 Å². The van der Waals surface area contributed by atoms with Gasteiger partial charge in [-0.15, -0.1) is 0 Å². The average molecular weight is 268 g/mol. The molecule has 5 heteroatoms. The molecule has 0 bridgehead atoms. The number of pyridine rings is 1. The number of primary amides is 1. The summed E-state index contributed by atoms with van der Waals surface area (Å²) in [5, 5.41) is 0. The SMILES string of the molecule is Cc1cccc2c1nc(-c1ccccn1)n2C.NC=O. The van der Waals surface area contributed by atoms with Gasteiger partial charge in [-0.25, -0.2) is 4.98 Å². The highest BCUT2D eigenvalue weighted by molar-refractivity contribution is 5.82. The molecular weight excluding hydrogens is 252 g/mol. The second kappa shape index (κ2) is 5.97. The number of nitrogens with two attached hydrogens (primary N) is 1. The Labute approximate surface area is 117 Å². The molecule has 2 N–H and O–H groups in total. The molecule has 0 spiro atoms. The topological polar surface area (TPSA) is 73.8 Å². The minimum Gasteiger partial charge on any atom is -0.372 e. The number of hydrogen-bond donors (Lipinski definition) is 1. The van der Waals surface area contributed by atoms with Crippen LogP contribution in [-0.4, -0.2) is 20.9 Å². The maximum absolute atomic E-state index is 8.58. The molecule has 20 heavy (non-hydrogen) atoms. The lowest BCUT2D eigenvalue weighted by Gasteiger charge is -2.00. The third kappa shape index (κ3) is 2.51. The number of amides is 1. The third-order valence-corrected chi connectivity index (χ3v) is 3.01. The molecule has 0 aliphatic carbocycles. The van der Waals surface area contributed by atoms with E-state index in [4.69, 9.17) is 4.79 Å². The Morgan fingerprint density at radius 1 is 1.20 bits per heavy atom. The molecule has 0 atom stereocenters. The minimum absolute atomic E-state index is 0.250. The van der Waals surface area contributed by atoms with Crippen LogP contribution in [0.3, 0.4) is 0 Å². The van der Waals surface area contributed by atoms with Gasteiger partial charge in [0.15, 0.2) is 5.82 Å². The van der Waals surface area contributed by atoms with Crippen LogP contribution >= 0.6 is 0 Å². The Hall–Kier alpha value is -2.69. The second-order valence-electron chi connectivity index (χ2n) is 4.29. The number of aromatic nitrogens is 3. The molecule has 1 aromatic carbocycles. The molecule has 0 unspecified atom stereocenters. The van der Waals surface area contributed by atoms with Crippen LogP contribution in [0.15, 0.2) is 42.6 Å². The minimum atomic E-state index is 0.250. The van der Waals surface area contributed by atoms with Crippen molar-refractivity contribution in [3.8, 4) is 11.5 Å². The van der Waals surface area contributed by atoms with Gasteiger partial charge in [-0.1, -0.05) is 18.2 Å². The molecular formula is C15H16N4O. The molecule has 0 saturated heterocycles. The van der Waals surface area contributed by atoms with Crippen molar-refractivity contribution in [1.82, 2.24) is 14.5 Å². The largest absolute Gasteiger partial charge is 0.372 e. The fraction of sp³-hybridized carbons (Fsp3) is 0.133. The molecule has 0 radical (unpaired) electrons. The number of benzene rings is 1. The number of rotatable bonds is 1. The second-order valence-corrected chi connectivity index (χ2v) is 4.29. The fourth-order valence-corrected chi connectivity index (χ4v) is 2.08. The summed E-state index contributed by atoms with van der Waals surface area (Å²) in [5.41, 5.74) is 8.46. The zero-order chi connectivity index (χ0) is 14.5. The summed E-state index contributed by atoms with van der Waals surface area (Å²) in [7, 11) is 2.03. The first-order chi connectivity index (χ1) is 9.69. The summed E-state index contributed by atoms with van der Waals surface area (Å²) in [4.78, 5) is 17.6. The molecule has 3 rings (SSSR count). The van der Waals surface area contributed by atoms with Crippen LogP contribution in [0.1, 0.15) is 5.56 Å². The van der Waals surface area contributed by atoms with Crippen LogP contribution in [0.25, 0.3) is 22.6 Å². The number of aryl methyl sites for hydroxylation is 2. The van der Waals surface area contributed by atoms with Gasteiger partial charge in [-0.2, -0.15) is 0 Å². The van der Waals surface area contributed by atoms with Crippen molar-refractivity contribution in [3.63, 3.8) is 0 Å². The Morgan fingerprint density at radius 2 is 1.95 bits per heavy atom. The number of nitrogens with zero attached hydrogens (tertiary/aromatic N) is 3. The van der Waals surface area contributed by atoms with Gasteiger partial charge >= 0.3 is 0 Å². The Morgan fingerprint density at radius 3 is 2.55 bits per heavy atom. The summed E-state index contributed by atoms with van der Waals surface area (Å²) >= 11 is 0. The number of carbonyl (C=O) groups is 1. The summed E-state index contributed by atoms with van der Waals surface area (Å²) in [6.07, 6.45) is 2.04. The molecule has 0 aliphatic heterocycles. The maximum Gasteiger partial charge on any atom is 0.204 e. The van der Waals surface area contributed by atoms with E-state index in [-0.39, 0.29) is 6.41 Å². The van der Waals surface area contributed by atoms with Crippen LogP contribution in [0.5, 0.6) is 0 Å². The molecule has 3 aromatic rings. The Balaban J connectivity index is 0.000000452. The number of hydrogen-bond acceptors (Lipinski definition) is 3. The lowest BCUT2D eigenvalue weighted by Crippen LogP contribution is -1.93. The van der Waals surface area contributed by atoms with Crippen molar-refractivity contribution in [3.05, 3.63) is 48.2 Å². The van der Waals surface area contributed by atoms with Crippen molar-refractivity contribution in [1.29, 1.82) is 0 Å². The van der Waals surface area contributed by atoms with Crippen LogP contribution < -0.4 is 5.73 Å². The van der Waals surface area contributed by atoms with E-state index in [9.17, 15) is 0 Å². The fourth-order valence-electron chi connectivity index (χ4n) is 2.08. The molecule has 2 aromatic heterocycles. The van der Waals surface area contributed by atoms with Crippen LogP contribution in [0.4, 0.5) is 0 Å². The van der Waals surface area contributed by atoms with Gasteiger partial charge in [0.2, 0.25) is 6.41 Å². The van der Waals surface area contributed by atoms with E-state index in [0.717, 1.165) is 22.6 Å². The first-order valence-corrected chi connectivity index (χ1v) is 6.18. The molecule has 2 heterocycles. The Kier molecular flexibility index (Phi) is 4.10. The van der Waals surface area contributed by atoms with Gasteiger partial charge in [0.25, 0.3) is 0 Å². The van der Waals surface area contributed by atoms with Gasteiger partial charge in [-0.05, 0) is 30.7 Å². The summed E-state index contributed by atoms with van der Waals surface area (Å²) in [6, 6.07) is 12.1. The molecule has 5 nitrogen and oxygen atoms in total. The first-order valence-electron chi connectivity index (χ1n) is 6.18. The van der Waals surface area contributed by atoms with E-state index < -0.39 is 0 Å². The highest BCUT2D eigenvalue weighted by Gasteiger charge is 2.11. The zero-order valence-corrected chi connectivity index (χ0v) is 11.4. The summed E-state index contributed by atoms with van der Waals surface area (Å²) in [5.74, 6) is 0.912. The number of imidazole rings is 1. The zero-order valence-electron chi connectivity index (χ0n) is 11.4. The number of fused-ring (bicyclic) bond motifs is 1. The van der Waals surface area contributed by atoms with Gasteiger partial charge in [0.05, 0.1) is 11.0 Å². The van der Waals surface area contributed by atoms with E-state index in [0.29, 0.717) is 0 Å². The lowest BCUT2D eigenvalue weighted by molar-refractivity contribution is -0.106. The average Bonchev–Trinajstić information content (AvgIpc) is 2.80. The van der Waals surface area contributed by atoms with E-state index in [1.165, 1.54) is 5.56 Å². The molecule has 0 saturated carbocycles. The maximum atomic E-state index is 8.58. The van der Waals surface area contributed by atoms with Crippen LogP contribution in [-0.2, 0) is 11.8 Å². The normalized spacial score (nSPS) is 9.90. The predicted octanol–water partition coefficient (Wildman–Crippen LogP) is 2.05. The van der Waals surface area contributed by atoms with Gasteiger partial charge in [0.1, 0.15) is 5.69 Å². The highest BCUT2D eigenvalue weighted by atomic mass is 16.1. The molecule has 102 valence electrons. The lowest BCUT2D eigenvalue weighted by atomic mass is 10.2. The summed E-state index contributed by atoms with van der Waals surface area (Å²) in [6.45, 7) is 2.08.